The van der Waals surface area contributed by atoms with Crippen LogP contribution >= 0.6 is 22.9 Å². The minimum absolute atomic E-state index is 0.542. The average Bonchev–Trinajstić information content (AvgIpc) is 2.73. The molecular weight excluding hydrogens is 268 g/mol. The molecule has 2 heterocycles. The minimum Gasteiger partial charge on any atom is -0.314 e. The summed E-state index contributed by atoms with van der Waals surface area (Å²) in [5.74, 6) is 0.754. The monoisotopic (exact) mass is 288 g/mol. The third-order valence-corrected chi connectivity index (χ3v) is 4.22. The Morgan fingerprint density at radius 2 is 2.33 bits per heavy atom. The Labute approximate surface area is 118 Å². The van der Waals surface area contributed by atoms with E-state index in [-0.39, 0.29) is 0 Å². The molecule has 1 fully saturated rings. The molecule has 1 aliphatic rings. The van der Waals surface area contributed by atoms with Gasteiger partial charge in [0, 0.05) is 12.6 Å². The smallest absolute Gasteiger partial charge is 0.207 e. The van der Waals surface area contributed by atoms with Crippen LogP contribution in [0.3, 0.4) is 0 Å². The number of aromatic nitrogens is 2. The van der Waals surface area contributed by atoms with E-state index >= 15 is 0 Å². The maximum absolute atomic E-state index is 5.81. The largest absolute Gasteiger partial charge is 0.314 e. The first kappa shape index (κ1) is 14.2. The Bertz CT molecular complexity index is 369. The van der Waals surface area contributed by atoms with Crippen molar-refractivity contribution < 1.29 is 0 Å². The Hall–Kier alpha value is -0.230. The molecule has 1 N–H and O–H groups in total. The fourth-order valence-electron chi connectivity index (χ4n) is 2.35. The molecule has 2 rings (SSSR count). The summed E-state index contributed by atoms with van der Waals surface area (Å²) in [4.78, 5) is 2.47. The minimum atomic E-state index is 0.542. The molecule has 0 spiro atoms. The second-order valence-corrected chi connectivity index (χ2v) is 6.90. The van der Waals surface area contributed by atoms with Crippen molar-refractivity contribution in [1.29, 1.82) is 0 Å². The van der Waals surface area contributed by atoms with Gasteiger partial charge in [-0.1, -0.05) is 25.2 Å². The van der Waals surface area contributed by atoms with Crippen LogP contribution in [0, 0.1) is 5.92 Å². The first-order valence-electron chi connectivity index (χ1n) is 6.57. The number of piperidine rings is 1. The van der Waals surface area contributed by atoms with Gasteiger partial charge >= 0.3 is 0 Å². The summed E-state index contributed by atoms with van der Waals surface area (Å²) in [5.41, 5.74) is 0. The van der Waals surface area contributed by atoms with E-state index < -0.39 is 0 Å². The molecule has 102 valence electrons. The highest BCUT2D eigenvalue weighted by molar-refractivity contribution is 7.15. The SMILES string of the molecule is CC(C)NCC1CCCN(Cc2nnc(Cl)s2)C1. The van der Waals surface area contributed by atoms with Crippen LogP contribution in [-0.2, 0) is 6.54 Å². The molecule has 0 aliphatic carbocycles. The second kappa shape index (κ2) is 6.80. The maximum Gasteiger partial charge on any atom is 0.207 e. The molecule has 0 bridgehead atoms. The van der Waals surface area contributed by atoms with Crippen molar-refractivity contribution in [2.45, 2.75) is 39.3 Å². The van der Waals surface area contributed by atoms with Crippen molar-refractivity contribution in [1.82, 2.24) is 20.4 Å². The van der Waals surface area contributed by atoms with Crippen molar-refractivity contribution >= 4 is 22.9 Å². The molecule has 1 aromatic heterocycles. The van der Waals surface area contributed by atoms with E-state index in [1.165, 1.54) is 24.2 Å². The van der Waals surface area contributed by atoms with E-state index in [0.717, 1.165) is 37.1 Å². The van der Waals surface area contributed by atoms with Gasteiger partial charge in [-0.15, -0.1) is 10.2 Å². The molecule has 0 saturated carbocycles. The zero-order valence-corrected chi connectivity index (χ0v) is 12.6. The van der Waals surface area contributed by atoms with Crippen LogP contribution < -0.4 is 5.32 Å². The normalized spacial score (nSPS) is 21.7. The summed E-state index contributed by atoms with van der Waals surface area (Å²) in [6.07, 6.45) is 2.60. The lowest BCUT2D eigenvalue weighted by Crippen LogP contribution is -2.40. The van der Waals surface area contributed by atoms with Crippen molar-refractivity contribution in [3.63, 3.8) is 0 Å². The zero-order valence-electron chi connectivity index (χ0n) is 11.0. The summed E-state index contributed by atoms with van der Waals surface area (Å²) in [6.45, 7) is 8.72. The number of hydrogen-bond donors (Lipinski definition) is 1. The van der Waals surface area contributed by atoms with Crippen LogP contribution in [0.25, 0.3) is 0 Å². The van der Waals surface area contributed by atoms with E-state index in [9.17, 15) is 0 Å². The van der Waals surface area contributed by atoms with E-state index in [0.29, 0.717) is 10.5 Å². The Morgan fingerprint density at radius 3 is 3.00 bits per heavy atom. The van der Waals surface area contributed by atoms with Crippen molar-refractivity contribution in [3.8, 4) is 0 Å². The molecule has 18 heavy (non-hydrogen) atoms. The standard InChI is InChI=1S/C12H21ClN4S/c1-9(2)14-6-10-4-3-5-17(7-10)8-11-15-16-12(13)18-11/h9-10,14H,3-8H2,1-2H3. The van der Waals surface area contributed by atoms with Gasteiger partial charge in [-0.05, 0) is 43.5 Å². The lowest BCUT2D eigenvalue weighted by atomic mass is 9.98. The highest BCUT2D eigenvalue weighted by atomic mass is 35.5. The van der Waals surface area contributed by atoms with Crippen molar-refractivity contribution in [2.24, 2.45) is 5.92 Å². The van der Waals surface area contributed by atoms with Crippen LogP contribution in [0.15, 0.2) is 0 Å². The number of hydrogen-bond acceptors (Lipinski definition) is 5. The first-order valence-corrected chi connectivity index (χ1v) is 7.76. The molecule has 1 aromatic rings. The van der Waals surface area contributed by atoms with Gasteiger partial charge in [0.05, 0.1) is 6.54 Å². The van der Waals surface area contributed by atoms with E-state index in [1.54, 1.807) is 0 Å². The average molecular weight is 289 g/mol. The van der Waals surface area contributed by atoms with Crippen LogP contribution in [-0.4, -0.2) is 40.8 Å². The predicted octanol–water partition coefficient (Wildman–Crippen LogP) is 2.40. The van der Waals surface area contributed by atoms with Crippen molar-refractivity contribution in [3.05, 3.63) is 9.47 Å². The third-order valence-electron chi connectivity index (χ3n) is 3.22. The summed E-state index contributed by atoms with van der Waals surface area (Å²) >= 11 is 7.29. The molecular formula is C12H21ClN4S. The number of likely N-dealkylation sites (tertiary alicyclic amines) is 1. The van der Waals surface area contributed by atoms with Gasteiger partial charge in [-0.2, -0.15) is 0 Å². The number of nitrogens with zero attached hydrogens (tertiary/aromatic N) is 3. The summed E-state index contributed by atoms with van der Waals surface area (Å²) in [5, 5.41) is 12.5. The molecule has 1 unspecified atom stereocenters. The highest BCUT2D eigenvalue weighted by Gasteiger charge is 2.20. The molecule has 1 saturated heterocycles. The van der Waals surface area contributed by atoms with Gasteiger partial charge in [0.15, 0.2) is 0 Å². The predicted molar refractivity (Wildman–Crippen MR) is 76.1 cm³/mol. The molecule has 1 atom stereocenters. The van der Waals surface area contributed by atoms with Gasteiger partial charge in [0.25, 0.3) is 0 Å². The highest BCUT2D eigenvalue weighted by Crippen LogP contribution is 2.21. The van der Waals surface area contributed by atoms with Crippen LogP contribution in [0.5, 0.6) is 0 Å². The summed E-state index contributed by atoms with van der Waals surface area (Å²) in [7, 11) is 0. The lowest BCUT2D eigenvalue weighted by Gasteiger charge is -2.32. The molecule has 6 heteroatoms. The number of nitrogens with one attached hydrogen (secondary N) is 1. The van der Waals surface area contributed by atoms with Crippen molar-refractivity contribution in [2.75, 3.05) is 19.6 Å². The fraction of sp³-hybridized carbons (Fsp3) is 0.833. The molecule has 0 aromatic carbocycles. The third kappa shape index (κ3) is 4.46. The van der Waals surface area contributed by atoms with Crippen LogP contribution in [0.4, 0.5) is 0 Å². The molecule has 4 nitrogen and oxygen atoms in total. The van der Waals surface area contributed by atoms with Gasteiger partial charge in [-0.25, -0.2) is 0 Å². The maximum atomic E-state index is 5.81. The first-order chi connectivity index (χ1) is 8.63. The van der Waals surface area contributed by atoms with Crippen LogP contribution in [0.1, 0.15) is 31.7 Å². The molecule has 0 amide bonds. The Kier molecular flexibility index (Phi) is 5.36. The second-order valence-electron chi connectivity index (χ2n) is 5.26. The number of rotatable bonds is 5. The van der Waals surface area contributed by atoms with Gasteiger partial charge in [0.2, 0.25) is 4.47 Å². The topological polar surface area (TPSA) is 41.0 Å². The van der Waals surface area contributed by atoms with Gasteiger partial charge in [-0.3, -0.25) is 4.90 Å². The summed E-state index contributed by atoms with van der Waals surface area (Å²) < 4.78 is 0.542. The Morgan fingerprint density at radius 1 is 1.50 bits per heavy atom. The van der Waals surface area contributed by atoms with E-state index in [1.807, 2.05) is 0 Å². The molecule has 0 radical (unpaired) electrons. The van der Waals surface area contributed by atoms with E-state index in [4.69, 9.17) is 11.6 Å². The quantitative estimate of drug-likeness (QED) is 0.903. The van der Waals surface area contributed by atoms with E-state index in [2.05, 4.69) is 34.3 Å². The Balaban J connectivity index is 1.79. The molecule has 1 aliphatic heterocycles. The van der Waals surface area contributed by atoms with Gasteiger partial charge in [0.1, 0.15) is 5.01 Å². The zero-order chi connectivity index (χ0) is 13.0. The summed E-state index contributed by atoms with van der Waals surface area (Å²) in [6, 6.07) is 0.572. The number of halogens is 1. The van der Waals surface area contributed by atoms with Gasteiger partial charge < -0.3 is 5.32 Å². The van der Waals surface area contributed by atoms with Crippen LogP contribution in [0.2, 0.25) is 4.47 Å². The lowest BCUT2D eigenvalue weighted by molar-refractivity contribution is 0.163. The fourth-order valence-corrected chi connectivity index (χ4v) is 3.26.